The number of nitrogens with one attached hydrogen (secondary N) is 2. The first-order valence-electron chi connectivity index (χ1n) is 7.29. The number of rotatable bonds is 6. The van der Waals surface area contributed by atoms with Gasteiger partial charge in [-0.2, -0.15) is 0 Å². The largest absolute Gasteiger partial charge is 0.494 e. The summed E-state index contributed by atoms with van der Waals surface area (Å²) in [4.78, 5) is 23.7. The van der Waals surface area contributed by atoms with Crippen LogP contribution in [0.25, 0.3) is 0 Å². The molecule has 2 aromatic rings. The molecular formula is C17H17BrN2O4. The molecule has 126 valence electrons. The van der Waals surface area contributed by atoms with Gasteiger partial charge in [-0.1, -0.05) is 12.1 Å². The first-order chi connectivity index (χ1) is 11.6. The summed E-state index contributed by atoms with van der Waals surface area (Å²) in [6.45, 7) is 2.26. The van der Waals surface area contributed by atoms with E-state index >= 15 is 0 Å². The summed E-state index contributed by atoms with van der Waals surface area (Å²) in [5, 5.41) is 0. The molecule has 2 amide bonds. The van der Waals surface area contributed by atoms with Crippen LogP contribution in [0.2, 0.25) is 0 Å². The number of hydrazine groups is 1. The van der Waals surface area contributed by atoms with E-state index in [1.54, 1.807) is 48.5 Å². The highest BCUT2D eigenvalue weighted by Gasteiger charge is 2.10. The lowest BCUT2D eigenvalue weighted by Gasteiger charge is -2.10. The fourth-order valence-electron chi connectivity index (χ4n) is 1.82. The third kappa shape index (κ3) is 5.27. The van der Waals surface area contributed by atoms with Crippen LogP contribution in [-0.2, 0) is 4.79 Å². The van der Waals surface area contributed by atoms with Crippen molar-refractivity contribution in [2.45, 2.75) is 6.92 Å². The van der Waals surface area contributed by atoms with Gasteiger partial charge in [-0.05, 0) is 59.3 Å². The molecule has 0 unspecified atom stereocenters. The lowest BCUT2D eigenvalue weighted by molar-refractivity contribution is -0.123. The number of carbonyl (C=O) groups excluding carboxylic acids is 2. The van der Waals surface area contributed by atoms with Crippen molar-refractivity contribution >= 4 is 27.7 Å². The van der Waals surface area contributed by atoms with E-state index in [2.05, 4.69) is 26.8 Å². The summed E-state index contributed by atoms with van der Waals surface area (Å²) >= 11 is 3.27. The molecule has 0 saturated carbocycles. The Hall–Kier alpha value is -2.54. The van der Waals surface area contributed by atoms with Crippen LogP contribution in [0.4, 0.5) is 0 Å². The molecule has 0 saturated heterocycles. The molecule has 0 spiro atoms. The standard InChI is InChI=1S/C17H17BrN2O4/c1-2-23-12-7-9-13(10-8-12)24-11-16(21)19-20-17(22)14-5-3-4-6-15(14)18/h3-10H,2,11H2,1H3,(H,19,21)(H,20,22). The maximum atomic E-state index is 11.9. The Morgan fingerprint density at radius 3 is 2.21 bits per heavy atom. The quantitative estimate of drug-likeness (QED) is 0.740. The van der Waals surface area contributed by atoms with E-state index in [-0.39, 0.29) is 6.61 Å². The summed E-state index contributed by atoms with van der Waals surface area (Å²) in [7, 11) is 0. The molecule has 0 aliphatic heterocycles. The van der Waals surface area contributed by atoms with Crippen LogP contribution in [0.1, 0.15) is 17.3 Å². The maximum absolute atomic E-state index is 11.9. The summed E-state index contributed by atoms with van der Waals surface area (Å²) in [5.41, 5.74) is 5.06. The van der Waals surface area contributed by atoms with E-state index in [9.17, 15) is 9.59 Å². The molecule has 0 fully saturated rings. The Bertz CT molecular complexity index is 704. The molecule has 2 rings (SSSR count). The predicted octanol–water partition coefficient (Wildman–Crippen LogP) is 2.69. The fraction of sp³-hybridized carbons (Fsp3) is 0.176. The van der Waals surface area contributed by atoms with Gasteiger partial charge in [0.25, 0.3) is 11.8 Å². The molecule has 6 nitrogen and oxygen atoms in total. The van der Waals surface area contributed by atoms with Gasteiger partial charge >= 0.3 is 0 Å². The van der Waals surface area contributed by atoms with Gasteiger partial charge < -0.3 is 9.47 Å². The number of hydrogen-bond donors (Lipinski definition) is 2. The third-order valence-corrected chi connectivity index (χ3v) is 3.63. The van der Waals surface area contributed by atoms with E-state index in [0.29, 0.717) is 22.4 Å². The Labute approximate surface area is 148 Å². The van der Waals surface area contributed by atoms with Crippen molar-refractivity contribution in [1.82, 2.24) is 10.9 Å². The highest BCUT2D eigenvalue weighted by molar-refractivity contribution is 9.10. The van der Waals surface area contributed by atoms with Crippen LogP contribution in [0.15, 0.2) is 53.0 Å². The Morgan fingerprint density at radius 1 is 0.958 bits per heavy atom. The highest BCUT2D eigenvalue weighted by atomic mass is 79.9. The molecule has 24 heavy (non-hydrogen) atoms. The molecule has 2 aromatic carbocycles. The predicted molar refractivity (Wildman–Crippen MR) is 92.9 cm³/mol. The van der Waals surface area contributed by atoms with Gasteiger partial charge in [0.2, 0.25) is 0 Å². The number of ether oxygens (including phenoxy) is 2. The molecular weight excluding hydrogens is 376 g/mol. The van der Waals surface area contributed by atoms with Crippen molar-refractivity contribution in [2.75, 3.05) is 13.2 Å². The van der Waals surface area contributed by atoms with Crippen LogP contribution in [0, 0.1) is 0 Å². The van der Waals surface area contributed by atoms with Crippen LogP contribution in [0.5, 0.6) is 11.5 Å². The average Bonchev–Trinajstić information content (AvgIpc) is 2.60. The van der Waals surface area contributed by atoms with E-state index in [1.165, 1.54) is 0 Å². The smallest absolute Gasteiger partial charge is 0.276 e. The SMILES string of the molecule is CCOc1ccc(OCC(=O)NNC(=O)c2ccccc2Br)cc1. The molecule has 0 bridgehead atoms. The minimum atomic E-state index is -0.468. The van der Waals surface area contributed by atoms with Crippen molar-refractivity contribution in [3.8, 4) is 11.5 Å². The van der Waals surface area contributed by atoms with E-state index in [0.717, 1.165) is 5.75 Å². The van der Waals surface area contributed by atoms with E-state index in [4.69, 9.17) is 9.47 Å². The summed E-state index contributed by atoms with van der Waals surface area (Å²) in [6, 6.07) is 13.8. The minimum Gasteiger partial charge on any atom is -0.494 e. The van der Waals surface area contributed by atoms with Crippen molar-refractivity contribution in [1.29, 1.82) is 0 Å². The van der Waals surface area contributed by atoms with Gasteiger partial charge in [0.1, 0.15) is 11.5 Å². The molecule has 0 aromatic heterocycles. The maximum Gasteiger partial charge on any atom is 0.276 e. The normalized spacial score (nSPS) is 9.92. The van der Waals surface area contributed by atoms with Crippen molar-refractivity contribution in [3.05, 3.63) is 58.6 Å². The zero-order chi connectivity index (χ0) is 17.4. The van der Waals surface area contributed by atoms with Crippen LogP contribution < -0.4 is 20.3 Å². The summed E-state index contributed by atoms with van der Waals surface area (Å²) in [5.74, 6) is 0.377. The first-order valence-corrected chi connectivity index (χ1v) is 8.09. The molecule has 0 atom stereocenters. The van der Waals surface area contributed by atoms with Gasteiger partial charge in [0.15, 0.2) is 6.61 Å². The lowest BCUT2D eigenvalue weighted by Crippen LogP contribution is -2.43. The number of benzene rings is 2. The Balaban J connectivity index is 1.77. The van der Waals surface area contributed by atoms with Crippen molar-refractivity contribution < 1.29 is 19.1 Å². The second kappa shape index (κ2) is 8.93. The molecule has 0 heterocycles. The third-order valence-electron chi connectivity index (χ3n) is 2.94. The summed E-state index contributed by atoms with van der Waals surface area (Å²) < 4.78 is 11.3. The van der Waals surface area contributed by atoms with Crippen LogP contribution >= 0.6 is 15.9 Å². The second-order valence-corrected chi connectivity index (χ2v) is 5.53. The number of halogens is 1. The van der Waals surface area contributed by atoms with Gasteiger partial charge in [-0.25, -0.2) is 0 Å². The molecule has 2 N–H and O–H groups in total. The number of amides is 2. The Morgan fingerprint density at radius 2 is 1.58 bits per heavy atom. The fourth-order valence-corrected chi connectivity index (χ4v) is 2.29. The minimum absolute atomic E-state index is 0.218. The first kappa shape index (κ1) is 17.8. The summed E-state index contributed by atoms with van der Waals surface area (Å²) in [6.07, 6.45) is 0. The van der Waals surface area contributed by atoms with Gasteiger partial charge in [-0.3, -0.25) is 20.4 Å². The average molecular weight is 393 g/mol. The molecule has 0 aliphatic carbocycles. The van der Waals surface area contributed by atoms with E-state index in [1.807, 2.05) is 6.92 Å². The monoisotopic (exact) mass is 392 g/mol. The van der Waals surface area contributed by atoms with Gasteiger partial charge in [0.05, 0.1) is 12.2 Å². The lowest BCUT2D eigenvalue weighted by atomic mass is 10.2. The molecule has 0 radical (unpaired) electrons. The zero-order valence-corrected chi connectivity index (χ0v) is 14.6. The van der Waals surface area contributed by atoms with E-state index < -0.39 is 11.8 Å². The molecule has 7 heteroatoms. The molecule has 0 aliphatic rings. The van der Waals surface area contributed by atoms with Crippen molar-refractivity contribution in [3.63, 3.8) is 0 Å². The highest BCUT2D eigenvalue weighted by Crippen LogP contribution is 2.17. The topological polar surface area (TPSA) is 76.7 Å². The second-order valence-electron chi connectivity index (χ2n) is 4.68. The van der Waals surface area contributed by atoms with Gasteiger partial charge in [0, 0.05) is 4.47 Å². The number of carbonyl (C=O) groups is 2. The Kier molecular flexibility index (Phi) is 6.62. The number of hydrogen-bond acceptors (Lipinski definition) is 4. The van der Waals surface area contributed by atoms with Gasteiger partial charge in [-0.15, -0.1) is 0 Å². The van der Waals surface area contributed by atoms with Crippen LogP contribution in [-0.4, -0.2) is 25.0 Å². The zero-order valence-electron chi connectivity index (χ0n) is 13.0. The van der Waals surface area contributed by atoms with Crippen molar-refractivity contribution in [2.24, 2.45) is 0 Å². The van der Waals surface area contributed by atoms with Crippen LogP contribution in [0.3, 0.4) is 0 Å².